The molecule has 1 aromatic carbocycles. The summed E-state index contributed by atoms with van der Waals surface area (Å²) in [7, 11) is 0. The van der Waals surface area contributed by atoms with Crippen LogP contribution in [0.3, 0.4) is 0 Å². The highest BCUT2D eigenvalue weighted by Gasteiger charge is 2.23. The normalized spacial score (nSPS) is 17.3. The maximum absolute atomic E-state index is 14.0. The van der Waals surface area contributed by atoms with Crippen molar-refractivity contribution in [2.45, 2.75) is 54.7 Å². The van der Waals surface area contributed by atoms with Gasteiger partial charge in [0.15, 0.2) is 0 Å². The predicted molar refractivity (Wildman–Crippen MR) is 78.4 cm³/mol. The van der Waals surface area contributed by atoms with Crippen molar-refractivity contribution in [3.8, 4) is 0 Å². The molecule has 0 saturated heterocycles. The van der Waals surface area contributed by atoms with Gasteiger partial charge in [0, 0.05) is 16.5 Å². The number of nitrogens with two attached hydrogens (primary N) is 1. The Bertz CT molecular complexity index is 622. The van der Waals surface area contributed by atoms with E-state index in [1.807, 2.05) is 10.7 Å². The summed E-state index contributed by atoms with van der Waals surface area (Å²) < 4.78 is 15.8. The third-order valence-corrected chi connectivity index (χ3v) is 4.83. The summed E-state index contributed by atoms with van der Waals surface area (Å²) in [5, 5.41) is 12.7. The molecule has 2 N–H and O–H groups in total. The Labute approximate surface area is 127 Å². The van der Waals surface area contributed by atoms with Crippen LogP contribution in [0, 0.1) is 5.82 Å². The average molecular weight is 307 g/mol. The van der Waals surface area contributed by atoms with Gasteiger partial charge in [-0.05, 0) is 54.1 Å². The molecule has 0 amide bonds. The number of aromatic nitrogens is 4. The number of tetrazole rings is 1. The second-order valence-electron chi connectivity index (χ2n) is 5.39. The van der Waals surface area contributed by atoms with Gasteiger partial charge in [-0.15, -0.1) is 5.10 Å². The first kappa shape index (κ1) is 14.5. The lowest BCUT2D eigenvalue weighted by molar-refractivity contribution is 0.423. The molecular weight excluding hydrogens is 289 g/mol. The molecule has 0 radical (unpaired) electrons. The maximum Gasteiger partial charge on any atom is 0.214 e. The lowest BCUT2D eigenvalue weighted by Gasteiger charge is -2.14. The molecule has 0 unspecified atom stereocenters. The third-order valence-electron chi connectivity index (χ3n) is 3.80. The minimum absolute atomic E-state index is 0.283. The summed E-state index contributed by atoms with van der Waals surface area (Å²) in [5.41, 5.74) is 6.41. The summed E-state index contributed by atoms with van der Waals surface area (Å²) in [6.07, 6.45) is 4.61. The standard InChI is InChI=1S/C14H18FN5S/c1-9(16)13-11(15)7-4-8-12(13)21-14-17-18-19-20(14)10-5-2-3-6-10/h4,7-10H,2-3,5-6,16H2,1H3/t9-/m1/s1. The molecule has 1 aliphatic rings. The van der Waals surface area contributed by atoms with Crippen LogP contribution in [0.2, 0.25) is 0 Å². The number of halogens is 1. The minimum atomic E-state index is -0.371. The fraction of sp³-hybridized carbons (Fsp3) is 0.500. The molecule has 1 atom stereocenters. The van der Waals surface area contributed by atoms with Crippen molar-refractivity contribution in [2.75, 3.05) is 0 Å². The van der Waals surface area contributed by atoms with Crippen LogP contribution in [-0.4, -0.2) is 20.2 Å². The fourth-order valence-electron chi connectivity index (χ4n) is 2.78. The number of hydrogen-bond donors (Lipinski definition) is 1. The molecule has 0 bridgehead atoms. The van der Waals surface area contributed by atoms with Gasteiger partial charge in [-0.2, -0.15) is 0 Å². The number of nitrogens with zero attached hydrogens (tertiary/aromatic N) is 4. The van der Waals surface area contributed by atoms with Gasteiger partial charge in [0.25, 0.3) is 0 Å². The van der Waals surface area contributed by atoms with E-state index in [1.165, 1.54) is 30.7 Å². The van der Waals surface area contributed by atoms with E-state index in [4.69, 9.17) is 5.73 Å². The first-order chi connectivity index (χ1) is 10.2. The zero-order valence-corrected chi connectivity index (χ0v) is 12.7. The third kappa shape index (κ3) is 2.94. The zero-order valence-electron chi connectivity index (χ0n) is 11.9. The van der Waals surface area contributed by atoms with Crippen LogP contribution in [0.5, 0.6) is 0 Å². The van der Waals surface area contributed by atoms with Crippen LogP contribution < -0.4 is 5.73 Å². The molecule has 0 aliphatic heterocycles. The predicted octanol–water partition coefficient (Wildman–Crippen LogP) is 3.10. The van der Waals surface area contributed by atoms with Crippen LogP contribution in [-0.2, 0) is 0 Å². The van der Waals surface area contributed by atoms with E-state index >= 15 is 0 Å². The first-order valence-corrected chi connectivity index (χ1v) is 7.98. The zero-order chi connectivity index (χ0) is 14.8. The van der Waals surface area contributed by atoms with E-state index in [0.717, 1.165) is 17.7 Å². The summed E-state index contributed by atoms with van der Waals surface area (Å²) in [5.74, 6) is -0.283. The van der Waals surface area contributed by atoms with Crippen molar-refractivity contribution in [3.05, 3.63) is 29.6 Å². The van der Waals surface area contributed by atoms with Gasteiger partial charge in [-0.25, -0.2) is 9.07 Å². The summed E-state index contributed by atoms with van der Waals surface area (Å²) in [6, 6.07) is 4.97. The van der Waals surface area contributed by atoms with Gasteiger partial charge >= 0.3 is 0 Å². The summed E-state index contributed by atoms with van der Waals surface area (Å²) in [6.45, 7) is 1.78. The van der Waals surface area contributed by atoms with Crippen molar-refractivity contribution in [3.63, 3.8) is 0 Å². The van der Waals surface area contributed by atoms with Crippen molar-refractivity contribution in [1.82, 2.24) is 20.2 Å². The second-order valence-corrected chi connectivity index (χ2v) is 6.40. The van der Waals surface area contributed by atoms with Crippen LogP contribution in [0.15, 0.2) is 28.3 Å². The first-order valence-electron chi connectivity index (χ1n) is 7.16. The molecule has 21 heavy (non-hydrogen) atoms. The molecular formula is C14H18FN5S. The van der Waals surface area contributed by atoms with Gasteiger partial charge in [0.05, 0.1) is 6.04 Å². The molecule has 5 nitrogen and oxygen atoms in total. The quantitative estimate of drug-likeness (QED) is 0.940. The molecule has 2 aromatic rings. The SMILES string of the molecule is C[C@@H](N)c1c(F)cccc1Sc1nnnn1C1CCCC1. The van der Waals surface area contributed by atoms with E-state index in [2.05, 4.69) is 15.5 Å². The average Bonchev–Trinajstić information content (AvgIpc) is 3.08. The van der Waals surface area contributed by atoms with Gasteiger partial charge in [-0.1, -0.05) is 18.9 Å². The smallest absolute Gasteiger partial charge is 0.214 e. The molecule has 112 valence electrons. The monoisotopic (exact) mass is 307 g/mol. The number of benzene rings is 1. The Balaban J connectivity index is 1.91. The molecule has 0 spiro atoms. The number of rotatable bonds is 4. The number of hydrogen-bond acceptors (Lipinski definition) is 5. The topological polar surface area (TPSA) is 69.6 Å². The Morgan fingerprint density at radius 1 is 1.38 bits per heavy atom. The Kier molecular flexibility index (Phi) is 4.21. The molecule has 1 saturated carbocycles. The lowest BCUT2D eigenvalue weighted by atomic mass is 10.1. The van der Waals surface area contributed by atoms with E-state index in [0.29, 0.717) is 16.8 Å². The molecule has 1 fully saturated rings. The van der Waals surface area contributed by atoms with Crippen LogP contribution >= 0.6 is 11.8 Å². The van der Waals surface area contributed by atoms with Gasteiger partial charge in [0.1, 0.15) is 5.82 Å². The van der Waals surface area contributed by atoms with E-state index in [1.54, 1.807) is 13.0 Å². The largest absolute Gasteiger partial charge is 0.324 e. The van der Waals surface area contributed by atoms with Crippen molar-refractivity contribution < 1.29 is 4.39 Å². The molecule has 7 heteroatoms. The van der Waals surface area contributed by atoms with Gasteiger partial charge in [-0.3, -0.25) is 0 Å². The molecule has 3 rings (SSSR count). The van der Waals surface area contributed by atoms with Crippen molar-refractivity contribution in [2.24, 2.45) is 5.73 Å². The molecule has 1 aliphatic carbocycles. The summed E-state index contributed by atoms with van der Waals surface area (Å²) in [4.78, 5) is 0.777. The van der Waals surface area contributed by atoms with Crippen molar-refractivity contribution >= 4 is 11.8 Å². The van der Waals surface area contributed by atoms with Crippen LogP contribution in [0.4, 0.5) is 4.39 Å². The van der Waals surface area contributed by atoms with Crippen molar-refractivity contribution in [1.29, 1.82) is 0 Å². The van der Waals surface area contributed by atoms with Gasteiger partial charge in [0.2, 0.25) is 5.16 Å². The van der Waals surface area contributed by atoms with E-state index in [-0.39, 0.29) is 11.9 Å². The maximum atomic E-state index is 14.0. The molecule has 1 heterocycles. The van der Waals surface area contributed by atoms with Gasteiger partial charge < -0.3 is 5.73 Å². The van der Waals surface area contributed by atoms with E-state index < -0.39 is 0 Å². The van der Waals surface area contributed by atoms with E-state index in [9.17, 15) is 4.39 Å². The highest BCUT2D eigenvalue weighted by molar-refractivity contribution is 7.99. The highest BCUT2D eigenvalue weighted by Crippen LogP contribution is 2.36. The van der Waals surface area contributed by atoms with Crippen LogP contribution in [0.1, 0.15) is 50.3 Å². The fourth-order valence-corrected chi connectivity index (χ4v) is 3.87. The Morgan fingerprint density at radius 2 is 2.14 bits per heavy atom. The highest BCUT2D eigenvalue weighted by atomic mass is 32.2. The second kappa shape index (κ2) is 6.11. The Hall–Kier alpha value is -1.47. The molecule has 1 aromatic heterocycles. The van der Waals surface area contributed by atoms with Crippen LogP contribution in [0.25, 0.3) is 0 Å². The lowest BCUT2D eigenvalue weighted by Crippen LogP contribution is -2.10. The minimum Gasteiger partial charge on any atom is -0.324 e. The summed E-state index contributed by atoms with van der Waals surface area (Å²) >= 11 is 1.38. The Morgan fingerprint density at radius 3 is 2.86 bits per heavy atom.